The van der Waals surface area contributed by atoms with Gasteiger partial charge in [0.15, 0.2) is 17.5 Å². The zero-order chi connectivity index (χ0) is 41.9. The molecular weight excluding hydrogens is 769 g/mol. The maximum atomic E-state index is 6.93. The molecule has 3 heterocycles. The molecule has 1 unspecified atom stereocenters. The lowest BCUT2D eigenvalue weighted by Gasteiger charge is -2.39. The maximum Gasteiger partial charge on any atom is 0.164 e. The summed E-state index contributed by atoms with van der Waals surface area (Å²) >= 11 is 0. The number of rotatable bonds is 6. The highest BCUT2D eigenvalue weighted by Gasteiger charge is 2.51. The molecular formula is C58H38N4O. The molecule has 1 aliphatic heterocycles. The van der Waals surface area contributed by atoms with Crippen molar-refractivity contribution in [1.82, 2.24) is 19.9 Å². The molecule has 296 valence electrons. The molecule has 0 fully saturated rings. The highest BCUT2D eigenvalue weighted by Crippen LogP contribution is 2.62. The van der Waals surface area contributed by atoms with Crippen LogP contribution in [0.25, 0.3) is 78.7 Å². The smallest absolute Gasteiger partial charge is 0.164 e. The molecule has 0 amide bonds. The molecule has 12 rings (SSSR count). The molecule has 2 aromatic heterocycles. The van der Waals surface area contributed by atoms with Crippen LogP contribution in [-0.2, 0) is 5.41 Å². The van der Waals surface area contributed by atoms with Crippen LogP contribution in [0, 0.1) is 6.92 Å². The highest BCUT2D eigenvalue weighted by molar-refractivity contribution is 5.92. The monoisotopic (exact) mass is 806 g/mol. The Hall–Kier alpha value is -8.28. The molecule has 1 atom stereocenters. The summed E-state index contributed by atoms with van der Waals surface area (Å²) in [6, 6.07) is 72.5. The fraction of sp³-hybridized carbons (Fsp3) is 0.0345. The first-order chi connectivity index (χ1) is 31.1. The van der Waals surface area contributed by atoms with Crippen molar-refractivity contribution in [2.24, 2.45) is 0 Å². The van der Waals surface area contributed by atoms with Gasteiger partial charge in [0.1, 0.15) is 11.5 Å². The minimum absolute atomic E-state index is 0.614. The topological polar surface area (TPSA) is 60.8 Å². The SMILES string of the molecule is Cc1ncccc1-c1ccccc1-c1ccc2c(c1)Oc1ccccc1C21c2ccccc2-c2cc(-c3nc(-c4ccccc4)nc(-c4ccccc4-c4ccccc4)n3)ccc21. The molecule has 8 aromatic carbocycles. The third kappa shape index (κ3) is 5.85. The summed E-state index contributed by atoms with van der Waals surface area (Å²) in [5.41, 5.74) is 16.7. The Kier molecular flexibility index (Phi) is 8.54. The van der Waals surface area contributed by atoms with Crippen LogP contribution in [-0.4, -0.2) is 19.9 Å². The number of aromatic nitrogens is 4. The number of para-hydroxylation sites is 1. The van der Waals surface area contributed by atoms with Gasteiger partial charge in [-0.25, -0.2) is 15.0 Å². The van der Waals surface area contributed by atoms with Gasteiger partial charge in [0.05, 0.1) is 5.41 Å². The first-order valence-corrected chi connectivity index (χ1v) is 21.3. The van der Waals surface area contributed by atoms with Gasteiger partial charge in [-0.05, 0) is 81.3 Å². The van der Waals surface area contributed by atoms with Crippen molar-refractivity contribution in [3.63, 3.8) is 0 Å². The van der Waals surface area contributed by atoms with E-state index in [0.29, 0.717) is 17.5 Å². The predicted molar refractivity (Wildman–Crippen MR) is 252 cm³/mol. The van der Waals surface area contributed by atoms with Gasteiger partial charge in [-0.15, -0.1) is 0 Å². The molecule has 0 saturated carbocycles. The molecule has 5 nitrogen and oxygen atoms in total. The van der Waals surface area contributed by atoms with E-state index in [0.717, 1.165) is 84.0 Å². The Bertz CT molecular complexity index is 3400. The minimum Gasteiger partial charge on any atom is -0.457 e. The van der Waals surface area contributed by atoms with Crippen molar-refractivity contribution >= 4 is 0 Å². The Balaban J connectivity index is 1.05. The molecule has 10 aromatic rings. The van der Waals surface area contributed by atoms with E-state index in [-0.39, 0.29) is 0 Å². The summed E-state index contributed by atoms with van der Waals surface area (Å²) < 4.78 is 6.93. The van der Waals surface area contributed by atoms with Crippen molar-refractivity contribution in [3.8, 4) is 90.2 Å². The molecule has 0 N–H and O–H groups in total. The molecule has 2 aliphatic rings. The van der Waals surface area contributed by atoms with Crippen LogP contribution in [0.3, 0.4) is 0 Å². The number of benzene rings is 8. The largest absolute Gasteiger partial charge is 0.457 e. The van der Waals surface area contributed by atoms with Crippen molar-refractivity contribution < 1.29 is 4.74 Å². The zero-order valence-corrected chi connectivity index (χ0v) is 34.4. The Morgan fingerprint density at radius 1 is 0.333 bits per heavy atom. The van der Waals surface area contributed by atoms with Crippen LogP contribution in [0.4, 0.5) is 0 Å². The normalized spacial score (nSPS) is 14.3. The summed E-state index contributed by atoms with van der Waals surface area (Å²) in [6.45, 7) is 2.07. The van der Waals surface area contributed by atoms with Crippen LogP contribution in [0.1, 0.15) is 27.9 Å². The van der Waals surface area contributed by atoms with Gasteiger partial charge in [-0.2, -0.15) is 0 Å². The Labute approximate surface area is 366 Å². The summed E-state index contributed by atoms with van der Waals surface area (Å²) in [5.74, 6) is 3.54. The van der Waals surface area contributed by atoms with E-state index in [9.17, 15) is 0 Å². The number of hydrogen-bond donors (Lipinski definition) is 0. The second kappa shape index (κ2) is 14.7. The summed E-state index contributed by atoms with van der Waals surface area (Å²) in [7, 11) is 0. The van der Waals surface area contributed by atoms with Gasteiger partial charge >= 0.3 is 0 Å². The average Bonchev–Trinajstić information content (AvgIpc) is 3.64. The molecule has 0 radical (unpaired) electrons. The summed E-state index contributed by atoms with van der Waals surface area (Å²) in [5, 5.41) is 0. The maximum absolute atomic E-state index is 6.93. The molecule has 1 spiro atoms. The van der Waals surface area contributed by atoms with Crippen LogP contribution < -0.4 is 4.74 Å². The zero-order valence-electron chi connectivity index (χ0n) is 34.4. The van der Waals surface area contributed by atoms with Gasteiger partial charge in [-0.3, -0.25) is 4.98 Å². The third-order valence-corrected chi connectivity index (χ3v) is 12.7. The van der Waals surface area contributed by atoms with E-state index in [4.69, 9.17) is 19.7 Å². The summed E-state index contributed by atoms with van der Waals surface area (Å²) in [6.07, 6.45) is 1.85. The number of nitrogens with zero attached hydrogens (tertiary/aromatic N) is 4. The molecule has 5 heteroatoms. The molecule has 63 heavy (non-hydrogen) atoms. The minimum atomic E-state index is -0.638. The van der Waals surface area contributed by atoms with Crippen LogP contribution >= 0.6 is 0 Å². The predicted octanol–water partition coefficient (Wildman–Crippen LogP) is 14.0. The number of fused-ring (bicyclic) bond motifs is 9. The van der Waals surface area contributed by atoms with Crippen LogP contribution in [0.5, 0.6) is 11.5 Å². The highest BCUT2D eigenvalue weighted by atomic mass is 16.5. The van der Waals surface area contributed by atoms with E-state index in [1.165, 1.54) is 16.7 Å². The van der Waals surface area contributed by atoms with E-state index in [1.807, 2.05) is 42.6 Å². The van der Waals surface area contributed by atoms with Gasteiger partial charge in [0, 0.05) is 45.3 Å². The van der Waals surface area contributed by atoms with E-state index < -0.39 is 5.41 Å². The lowest BCUT2D eigenvalue weighted by molar-refractivity contribution is 0.436. The second-order valence-electron chi connectivity index (χ2n) is 16.1. The Morgan fingerprint density at radius 2 is 0.857 bits per heavy atom. The number of aryl methyl sites for hydroxylation is 1. The Morgan fingerprint density at radius 3 is 1.62 bits per heavy atom. The van der Waals surface area contributed by atoms with Crippen LogP contribution in [0.15, 0.2) is 212 Å². The average molecular weight is 807 g/mol. The van der Waals surface area contributed by atoms with Gasteiger partial charge in [0.25, 0.3) is 0 Å². The van der Waals surface area contributed by atoms with Gasteiger partial charge in [0.2, 0.25) is 0 Å². The first-order valence-electron chi connectivity index (χ1n) is 21.3. The molecule has 0 saturated heterocycles. The number of pyridine rings is 1. The van der Waals surface area contributed by atoms with Gasteiger partial charge in [-0.1, -0.05) is 182 Å². The fourth-order valence-electron chi connectivity index (χ4n) is 9.84. The molecule has 1 aliphatic carbocycles. The van der Waals surface area contributed by atoms with E-state index >= 15 is 0 Å². The third-order valence-electron chi connectivity index (χ3n) is 12.7. The molecule has 0 bridgehead atoms. The van der Waals surface area contributed by atoms with Crippen molar-refractivity contribution in [2.75, 3.05) is 0 Å². The first kappa shape index (κ1) is 36.6. The standard InChI is InChI=1S/C58H38N4O/c1-37-42(26-16-34-59-37)45-23-10-8-22-44(45)40-30-33-52-54(36-40)63-53-29-15-14-28-51(53)58(52)49-27-13-12-24-46(49)48-35-41(31-32-50(48)58)56-60-55(39-19-6-3-7-20-39)61-57(62-56)47-25-11-9-21-43(47)38-17-4-2-5-18-38/h2-36H,1H3. The van der Waals surface area contributed by atoms with Crippen LogP contribution in [0.2, 0.25) is 0 Å². The fourth-order valence-corrected chi connectivity index (χ4v) is 9.84. The second-order valence-corrected chi connectivity index (χ2v) is 16.1. The van der Waals surface area contributed by atoms with Crippen molar-refractivity contribution in [3.05, 3.63) is 240 Å². The number of hydrogen-bond acceptors (Lipinski definition) is 5. The van der Waals surface area contributed by atoms with Gasteiger partial charge < -0.3 is 4.74 Å². The lowest BCUT2D eigenvalue weighted by atomic mass is 9.66. The van der Waals surface area contributed by atoms with E-state index in [2.05, 4.69) is 182 Å². The number of ether oxygens (including phenoxy) is 1. The quantitative estimate of drug-likeness (QED) is 0.167. The van der Waals surface area contributed by atoms with Crippen molar-refractivity contribution in [1.29, 1.82) is 0 Å². The van der Waals surface area contributed by atoms with Crippen molar-refractivity contribution in [2.45, 2.75) is 12.3 Å². The summed E-state index contributed by atoms with van der Waals surface area (Å²) in [4.78, 5) is 20.2. The van der Waals surface area contributed by atoms with E-state index in [1.54, 1.807) is 0 Å². The lowest BCUT2D eigenvalue weighted by Crippen LogP contribution is -2.32.